The molecule has 1 aromatic heterocycles. The third kappa shape index (κ3) is 2.80. The molecule has 1 aromatic carbocycles. The summed E-state index contributed by atoms with van der Waals surface area (Å²) in [6, 6.07) is 5.67. The van der Waals surface area contributed by atoms with E-state index in [2.05, 4.69) is 14.5 Å². The third-order valence-electron chi connectivity index (χ3n) is 4.57. The summed E-state index contributed by atoms with van der Waals surface area (Å²) < 4.78 is 13.2. The number of hydrogen-bond acceptors (Lipinski definition) is 5. The highest BCUT2D eigenvalue weighted by molar-refractivity contribution is 5.44. The molecule has 2 aliphatic heterocycles. The second-order valence-corrected chi connectivity index (χ2v) is 6.15. The highest BCUT2D eigenvalue weighted by Gasteiger charge is 2.23. The standard InChI is InChI=1S/C17H21N3O3/c1-19-11-18-13-9-20(5-4-14(13)19)10-15(21)12-2-3-16-17(8-12)23-7-6-22-16/h2-3,8,11,15,21H,4-7,9-10H2,1H3/t15-/m0/s1. The van der Waals surface area contributed by atoms with Gasteiger partial charge in [0.1, 0.15) is 13.2 Å². The molecule has 6 heteroatoms. The van der Waals surface area contributed by atoms with E-state index < -0.39 is 6.10 Å². The summed E-state index contributed by atoms with van der Waals surface area (Å²) in [5.74, 6) is 1.47. The number of aliphatic hydroxyl groups is 1. The van der Waals surface area contributed by atoms with E-state index in [9.17, 15) is 5.11 Å². The van der Waals surface area contributed by atoms with Gasteiger partial charge in [-0.1, -0.05) is 6.07 Å². The lowest BCUT2D eigenvalue weighted by Crippen LogP contribution is -2.34. The predicted octanol–water partition coefficient (Wildman–Crippen LogP) is 1.28. The lowest BCUT2D eigenvalue weighted by atomic mass is 10.1. The third-order valence-corrected chi connectivity index (χ3v) is 4.57. The Morgan fingerprint density at radius 2 is 2.09 bits per heavy atom. The first-order chi connectivity index (χ1) is 11.2. The number of rotatable bonds is 3. The van der Waals surface area contributed by atoms with Gasteiger partial charge in [-0.15, -0.1) is 0 Å². The van der Waals surface area contributed by atoms with E-state index in [4.69, 9.17) is 9.47 Å². The molecule has 0 saturated carbocycles. The van der Waals surface area contributed by atoms with Gasteiger partial charge in [-0.2, -0.15) is 0 Å². The number of ether oxygens (including phenoxy) is 2. The van der Waals surface area contributed by atoms with Gasteiger partial charge in [0.15, 0.2) is 11.5 Å². The van der Waals surface area contributed by atoms with Crippen molar-refractivity contribution in [2.24, 2.45) is 7.05 Å². The molecule has 2 aliphatic rings. The fraction of sp³-hybridized carbons (Fsp3) is 0.471. The molecule has 0 aliphatic carbocycles. The molecule has 0 saturated heterocycles. The van der Waals surface area contributed by atoms with Crippen LogP contribution in [0.3, 0.4) is 0 Å². The fourth-order valence-electron chi connectivity index (χ4n) is 3.28. The summed E-state index contributed by atoms with van der Waals surface area (Å²) in [5.41, 5.74) is 3.28. The van der Waals surface area contributed by atoms with Crippen LogP contribution in [-0.4, -0.2) is 45.9 Å². The largest absolute Gasteiger partial charge is 0.486 e. The number of hydrogen-bond donors (Lipinski definition) is 1. The number of aliphatic hydroxyl groups excluding tert-OH is 1. The maximum atomic E-state index is 10.6. The number of imidazole rings is 1. The molecule has 6 nitrogen and oxygen atoms in total. The number of aromatic nitrogens is 2. The summed E-state index contributed by atoms with van der Waals surface area (Å²) >= 11 is 0. The van der Waals surface area contributed by atoms with E-state index in [0.717, 1.165) is 42.3 Å². The Labute approximate surface area is 135 Å². The number of nitrogens with zero attached hydrogens (tertiary/aromatic N) is 3. The van der Waals surface area contributed by atoms with Crippen LogP contribution in [0.5, 0.6) is 11.5 Å². The van der Waals surface area contributed by atoms with Crippen LogP contribution in [0, 0.1) is 0 Å². The highest BCUT2D eigenvalue weighted by atomic mass is 16.6. The van der Waals surface area contributed by atoms with Crippen LogP contribution in [0.15, 0.2) is 24.5 Å². The van der Waals surface area contributed by atoms with E-state index in [1.807, 2.05) is 31.6 Å². The lowest BCUT2D eigenvalue weighted by molar-refractivity contribution is 0.104. The van der Waals surface area contributed by atoms with Crippen LogP contribution < -0.4 is 9.47 Å². The first-order valence-electron chi connectivity index (χ1n) is 8.00. The molecule has 1 atom stereocenters. The second kappa shape index (κ2) is 5.86. The van der Waals surface area contributed by atoms with Crippen LogP contribution in [0.1, 0.15) is 23.1 Å². The minimum atomic E-state index is -0.545. The summed E-state index contributed by atoms with van der Waals surface area (Å²) in [4.78, 5) is 6.69. The van der Waals surface area contributed by atoms with Gasteiger partial charge in [-0.25, -0.2) is 4.98 Å². The fourth-order valence-corrected chi connectivity index (χ4v) is 3.28. The normalized spacial score (nSPS) is 18.5. The first-order valence-corrected chi connectivity index (χ1v) is 8.00. The van der Waals surface area contributed by atoms with E-state index in [0.29, 0.717) is 19.8 Å². The van der Waals surface area contributed by atoms with Crippen molar-refractivity contribution in [2.45, 2.75) is 19.1 Å². The Morgan fingerprint density at radius 1 is 1.26 bits per heavy atom. The summed E-state index contributed by atoms with van der Waals surface area (Å²) in [5, 5.41) is 10.6. The van der Waals surface area contributed by atoms with Crippen molar-refractivity contribution >= 4 is 0 Å². The smallest absolute Gasteiger partial charge is 0.161 e. The molecule has 0 amide bonds. The molecule has 0 fully saturated rings. The molecule has 3 heterocycles. The van der Waals surface area contributed by atoms with Crippen LogP contribution in [0.25, 0.3) is 0 Å². The monoisotopic (exact) mass is 315 g/mol. The molecule has 2 aromatic rings. The van der Waals surface area contributed by atoms with Crippen molar-refractivity contribution in [3.63, 3.8) is 0 Å². The molecule has 0 radical (unpaired) electrons. The Kier molecular flexibility index (Phi) is 3.71. The Balaban J connectivity index is 1.45. The topological polar surface area (TPSA) is 59.8 Å². The molecular formula is C17H21N3O3. The number of benzene rings is 1. The SMILES string of the molecule is Cn1cnc2c1CCN(C[C@H](O)c1ccc3c(c1)OCCO3)C2. The minimum Gasteiger partial charge on any atom is -0.486 e. The van der Waals surface area contributed by atoms with E-state index in [1.54, 1.807) is 0 Å². The minimum absolute atomic E-state index is 0.545. The van der Waals surface area contributed by atoms with Gasteiger partial charge in [0, 0.05) is 38.8 Å². The van der Waals surface area contributed by atoms with Crippen molar-refractivity contribution in [3.05, 3.63) is 41.5 Å². The zero-order valence-electron chi connectivity index (χ0n) is 13.2. The van der Waals surface area contributed by atoms with Crippen LogP contribution in [0.4, 0.5) is 0 Å². The molecule has 23 heavy (non-hydrogen) atoms. The second-order valence-electron chi connectivity index (χ2n) is 6.15. The van der Waals surface area contributed by atoms with E-state index >= 15 is 0 Å². The van der Waals surface area contributed by atoms with E-state index in [-0.39, 0.29) is 0 Å². The predicted molar refractivity (Wildman–Crippen MR) is 84.6 cm³/mol. The van der Waals surface area contributed by atoms with Crippen molar-refractivity contribution in [1.82, 2.24) is 14.5 Å². The Hall–Kier alpha value is -2.05. The highest BCUT2D eigenvalue weighted by Crippen LogP contribution is 2.33. The van der Waals surface area contributed by atoms with Gasteiger partial charge in [0.05, 0.1) is 18.1 Å². The van der Waals surface area contributed by atoms with Crippen molar-refractivity contribution in [2.75, 3.05) is 26.3 Å². The van der Waals surface area contributed by atoms with Crippen LogP contribution >= 0.6 is 0 Å². The Bertz CT molecular complexity index is 713. The van der Waals surface area contributed by atoms with Gasteiger partial charge in [-0.05, 0) is 17.7 Å². The number of β-amino-alcohol motifs (C(OH)–C–C–N with tert-alkyl or cyclic N) is 1. The molecule has 0 spiro atoms. The number of aryl methyl sites for hydroxylation is 1. The van der Waals surface area contributed by atoms with Gasteiger partial charge < -0.3 is 19.1 Å². The van der Waals surface area contributed by atoms with Crippen molar-refractivity contribution in [1.29, 1.82) is 0 Å². The van der Waals surface area contributed by atoms with E-state index in [1.165, 1.54) is 5.69 Å². The van der Waals surface area contributed by atoms with Crippen molar-refractivity contribution in [3.8, 4) is 11.5 Å². The molecular weight excluding hydrogens is 294 g/mol. The zero-order valence-corrected chi connectivity index (χ0v) is 13.2. The Morgan fingerprint density at radius 3 is 2.96 bits per heavy atom. The van der Waals surface area contributed by atoms with Crippen LogP contribution in [0.2, 0.25) is 0 Å². The molecule has 4 rings (SSSR count). The van der Waals surface area contributed by atoms with Gasteiger partial charge in [-0.3, -0.25) is 4.90 Å². The molecule has 1 N–H and O–H groups in total. The quantitative estimate of drug-likeness (QED) is 0.925. The number of fused-ring (bicyclic) bond motifs is 2. The maximum Gasteiger partial charge on any atom is 0.161 e. The average molecular weight is 315 g/mol. The van der Waals surface area contributed by atoms with Gasteiger partial charge in [0.25, 0.3) is 0 Å². The molecule has 0 bridgehead atoms. The lowest BCUT2D eigenvalue weighted by Gasteiger charge is -2.29. The average Bonchev–Trinajstić information content (AvgIpc) is 2.95. The van der Waals surface area contributed by atoms with Gasteiger partial charge >= 0.3 is 0 Å². The summed E-state index contributed by atoms with van der Waals surface area (Å²) in [6.07, 6.45) is 2.29. The molecule has 0 unspecified atom stereocenters. The van der Waals surface area contributed by atoms with Gasteiger partial charge in [0.2, 0.25) is 0 Å². The summed E-state index contributed by atoms with van der Waals surface area (Å²) in [6.45, 7) is 3.46. The zero-order chi connectivity index (χ0) is 15.8. The van der Waals surface area contributed by atoms with Crippen molar-refractivity contribution < 1.29 is 14.6 Å². The summed E-state index contributed by atoms with van der Waals surface area (Å²) in [7, 11) is 2.03. The first kappa shape index (κ1) is 14.5. The van der Waals surface area contributed by atoms with Crippen LogP contribution in [-0.2, 0) is 20.0 Å². The maximum absolute atomic E-state index is 10.6. The molecule has 122 valence electrons.